The molecule has 2 aromatic rings. The predicted molar refractivity (Wildman–Crippen MR) is 80.9 cm³/mol. The van der Waals surface area contributed by atoms with Gasteiger partial charge in [0.15, 0.2) is 0 Å². The first-order valence-electron chi connectivity index (χ1n) is 7.68. The minimum atomic E-state index is -0.310. The van der Waals surface area contributed by atoms with Crippen molar-refractivity contribution >= 4 is 16.8 Å². The molecule has 0 unspecified atom stereocenters. The van der Waals surface area contributed by atoms with Gasteiger partial charge in [-0.1, -0.05) is 18.2 Å². The van der Waals surface area contributed by atoms with Crippen LogP contribution in [-0.4, -0.2) is 33.5 Å². The molecular weight excluding hydrogens is 264 g/mol. The first-order valence-corrected chi connectivity index (χ1v) is 7.68. The number of nitrogens with one attached hydrogen (secondary N) is 1. The largest absolute Gasteiger partial charge is 0.394 e. The van der Waals surface area contributed by atoms with E-state index in [4.69, 9.17) is 0 Å². The number of carbonyl (C=O) groups excluding carboxylic acids is 1. The van der Waals surface area contributed by atoms with E-state index in [-0.39, 0.29) is 24.1 Å². The van der Waals surface area contributed by atoms with E-state index in [1.54, 1.807) is 0 Å². The van der Waals surface area contributed by atoms with Crippen molar-refractivity contribution in [3.05, 3.63) is 35.5 Å². The Labute approximate surface area is 123 Å². The van der Waals surface area contributed by atoms with E-state index in [1.807, 2.05) is 17.0 Å². The van der Waals surface area contributed by atoms with Gasteiger partial charge in [0.25, 0.3) is 0 Å². The molecule has 3 heterocycles. The molecule has 0 bridgehead atoms. The zero-order chi connectivity index (χ0) is 14.6. The molecule has 4 heteroatoms. The fourth-order valence-corrected chi connectivity index (χ4v) is 4.30. The third-order valence-electron chi connectivity index (χ3n) is 5.22. The van der Waals surface area contributed by atoms with Gasteiger partial charge >= 0.3 is 0 Å². The number of nitrogens with zero attached hydrogens (tertiary/aromatic N) is 1. The second-order valence-electron chi connectivity index (χ2n) is 6.46. The summed E-state index contributed by atoms with van der Waals surface area (Å²) < 4.78 is 0. The summed E-state index contributed by atoms with van der Waals surface area (Å²) in [5.41, 5.74) is 3.26. The molecule has 0 radical (unpaired) electrons. The van der Waals surface area contributed by atoms with Crippen molar-refractivity contribution in [3.8, 4) is 0 Å². The Morgan fingerprint density at radius 1 is 1.43 bits per heavy atom. The zero-order valence-corrected chi connectivity index (χ0v) is 12.2. The Hall–Kier alpha value is -1.81. The number of aromatic amines is 1. The lowest BCUT2D eigenvalue weighted by molar-refractivity contribution is -0.149. The molecule has 1 fully saturated rings. The molecule has 0 aliphatic carbocycles. The second kappa shape index (κ2) is 4.34. The van der Waals surface area contributed by atoms with Gasteiger partial charge in [0.1, 0.15) is 0 Å². The summed E-state index contributed by atoms with van der Waals surface area (Å²) in [5.74, 6) is 0.173. The minimum absolute atomic E-state index is 0.0281. The maximum Gasteiger partial charge on any atom is 0.223 e. The van der Waals surface area contributed by atoms with Crippen molar-refractivity contribution in [2.45, 2.75) is 44.2 Å². The number of carbonyl (C=O) groups is 1. The van der Waals surface area contributed by atoms with Crippen LogP contribution in [0.2, 0.25) is 0 Å². The number of benzene rings is 1. The second-order valence-corrected chi connectivity index (χ2v) is 6.46. The summed E-state index contributed by atoms with van der Waals surface area (Å²) >= 11 is 0. The highest BCUT2D eigenvalue weighted by Crippen LogP contribution is 2.46. The molecule has 2 atom stereocenters. The van der Waals surface area contributed by atoms with Crippen molar-refractivity contribution in [1.82, 2.24) is 9.88 Å². The monoisotopic (exact) mass is 284 g/mol. The highest BCUT2D eigenvalue weighted by Gasteiger charge is 2.48. The van der Waals surface area contributed by atoms with Gasteiger partial charge in [-0.3, -0.25) is 4.79 Å². The van der Waals surface area contributed by atoms with Crippen molar-refractivity contribution in [1.29, 1.82) is 0 Å². The number of aliphatic hydroxyl groups is 1. The normalized spacial score (nSPS) is 28.6. The van der Waals surface area contributed by atoms with Crippen LogP contribution in [0.1, 0.15) is 37.4 Å². The van der Waals surface area contributed by atoms with E-state index in [0.717, 1.165) is 24.8 Å². The van der Waals surface area contributed by atoms with Crippen LogP contribution in [0.25, 0.3) is 10.9 Å². The van der Waals surface area contributed by atoms with Gasteiger partial charge in [0.05, 0.1) is 18.2 Å². The lowest BCUT2D eigenvalue weighted by Crippen LogP contribution is -2.60. The van der Waals surface area contributed by atoms with Gasteiger partial charge in [-0.15, -0.1) is 0 Å². The molecule has 110 valence electrons. The van der Waals surface area contributed by atoms with Crippen LogP contribution in [0.15, 0.2) is 24.3 Å². The molecule has 1 saturated heterocycles. The standard InChI is InChI=1S/C17H20N2O2/c1-17-8-4-7-15(21)19(17)11(10-20)9-13-12-5-2-3-6-14(12)18-16(13)17/h2-3,5-6,11,18,20H,4,7-10H2,1H3/t11-,17-/m0/s1. The number of aliphatic hydroxyl groups excluding tert-OH is 1. The van der Waals surface area contributed by atoms with Crippen LogP contribution < -0.4 is 0 Å². The van der Waals surface area contributed by atoms with Crippen molar-refractivity contribution < 1.29 is 9.90 Å². The number of para-hydroxylation sites is 1. The third kappa shape index (κ3) is 1.62. The lowest BCUT2D eigenvalue weighted by Gasteiger charge is -2.51. The number of amides is 1. The quantitative estimate of drug-likeness (QED) is 0.844. The number of aromatic nitrogens is 1. The highest BCUT2D eigenvalue weighted by atomic mass is 16.3. The fourth-order valence-electron chi connectivity index (χ4n) is 4.30. The number of H-pyrrole nitrogens is 1. The van der Waals surface area contributed by atoms with Gasteiger partial charge in [-0.2, -0.15) is 0 Å². The molecular formula is C17H20N2O2. The summed E-state index contributed by atoms with van der Waals surface area (Å²) in [6.07, 6.45) is 3.20. The highest BCUT2D eigenvalue weighted by molar-refractivity contribution is 5.87. The summed E-state index contributed by atoms with van der Waals surface area (Å²) in [4.78, 5) is 17.9. The zero-order valence-electron chi connectivity index (χ0n) is 12.2. The average Bonchev–Trinajstić information content (AvgIpc) is 2.86. The Morgan fingerprint density at radius 3 is 3.05 bits per heavy atom. The lowest BCUT2D eigenvalue weighted by atomic mass is 9.77. The van der Waals surface area contributed by atoms with Gasteiger partial charge in [-0.25, -0.2) is 0 Å². The van der Waals surface area contributed by atoms with Crippen LogP contribution in [-0.2, 0) is 16.8 Å². The summed E-state index contributed by atoms with van der Waals surface area (Å²) in [6.45, 7) is 2.17. The SMILES string of the molecule is C[C@@]12CCCC(=O)N1[C@H](CO)Cc1c2[nH]c2ccccc12. The number of fused-ring (bicyclic) bond motifs is 5. The van der Waals surface area contributed by atoms with E-state index in [9.17, 15) is 9.90 Å². The summed E-state index contributed by atoms with van der Waals surface area (Å²) in [6, 6.07) is 8.18. The molecule has 1 aromatic carbocycles. The predicted octanol–water partition coefficient (Wildman–Crippen LogP) is 2.31. The Morgan fingerprint density at radius 2 is 2.24 bits per heavy atom. The van der Waals surface area contributed by atoms with Gasteiger partial charge in [0, 0.05) is 23.0 Å². The minimum Gasteiger partial charge on any atom is -0.394 e. The Kier molecular flexibility index (Phi) is 2.67. The smallest absolute Gasteiger partial charge is 0.223 e. The van der Waals surface area contributed by atoms with Crippen molar-refractivity contribution in [3.63, 3.8) is 0 Å². The van der Waals surface area contributed by atoms with E-state index in [2.05, 4.69) is 24.0 Å². The van der Waals surface area contributed by atoms with E-state index in [0.29, 0.717) is 6.42 Å². The van der Waals surface area contributed by atoms with Gasteiger partial charge < -0.3 is 15.0 Å². The molecule has 4 nitrogen and oxygen atoms in total. The molecule has 0 saturated carbocycles. The molecule has 0 spiro atoms. The maximum atomic E-state index is 12.4. The summed E-state index contributed by atoms with van der Waals surface area (Å²) in [5, 5.41) is 11.0. The van der Waals surface area contributed by atoms with Crippen LogP contribution in [0.3, 0.4) is 0 Å². The van der Waals surface area contributed by atoms with Crippen LogP contribution in [0.4, 0.5) is 0 Å². The average molecular weight is 284 g/mol. The van der Waals surface area contributed by atoms with E-state index in [1.165, 1.54) is 16.6 Å². The Balaban J connectivity index is 1.97. The topological polar surface area (TPSA) is 56.3 Å². The number of rotatable bonds is 1. The first kappa shape index (κ1) is 12.9. The molecule has 21 heavy (non-hydrogen) atoms. The molecule has 1 amide bonds. The fraction of sp³-hybridized carbons (Fsp3) is 0.471. The molecule has 2 aliphatic heterocycles. The van der Waals surface area contributed by atoms with Crippen molar-refractivity contribution in [2.75, 3.05) is 6.61 Å². The first-order chi connectivity index (χ1) is 10.1. The van der Waals surface area contributed by atoms with Crippen molar-refractivity contribution in [2.24, 2.45) is 0 Å². The van der Waals surface area contributed by atoms with Crippen LogP contribution in [0, 0.1) is 0 Å². The third-order valence-corrected chi connectivity index (χ3v) is 5.22. The number of hydrogen-bond acceptors (Lipinski definition) is 2. The van der Waals surface area contributed by atoms with Gasteiger partial charge in [-0.05, 0) is 37.8 Å². The van der Waals surface area contributed by atoms with E-state index >= 15 is 0 Å². The van der Waals surface area contributed by atoms with Gasteiger partial charge in [0.2, 0.25) is 5.91 Å². The van der Waals surface area contributed by atoms with Crippen LogP contribution >= 0.6 is 0 Å². The molecule has 4 rings (SSSR count). The number of piperidine rings is 1. The molecule has 1 aromatic heterocycles. The molecule has 2 aliphatic rings. The Bertz CT molecular complexity index is 721. The summed E-state index contributed by atoms with van der Waals surface area (Å²) in [7, 11) is 0. The van der Waals surface area contributed by atoms with Crippen LogP contribution in [0.5, 0.6) is 0 Å². The maximum absolute atomic E-state index is 12.4. The molecule has 2 N–H and O–H groups in total. The number of hydrogen-bond donors (Lipinski definition) is 2. The van der Waals surface area contributed by atoms with E-state index < -0.39 is 0 Å².